The van der Waals surface area contributed by atoms with E-state index in [-0.39, 0.29) is 18.0 Å². The lowest BCUT2D eigenvalue weighted by Crippen LogP contribution is -2.17. The zero-order valence-electron chi connectivity index (χ0n) is 9.00. The van der Waals surface area contributed by atoms with Crippen molar-refractivity contribution in [2.24, 2.45) is 5.92 Å². The Balaban J connectivity index is 3.57. The molecule has 0 bridgehead atoms. The highest BCUT2D eigenvalue weighted by atomic mass is 17.2. The molecule has 0 aromatic heterocycles. The van der Waals surface area contributed by atoms with E-state index in [1.54, 1.807) is 0 Å². The van der Waals surface area contributed by atoms with Gasteiger partial charge in [-0.1, -0.05) is 26.7 Å². The molecule has 0 saturated carbocycles. The minimum absolute atomic E-state index is 0.0568. The fraction of sp³-hybridized carbons (Fsp3) is 0.900. The first kappa shape index (κ1) is 12.4. The van der Waals surface area contributed by atoms with E-state index in [4.69, 9.17) is 4.89 Å². The highest BCUT2D eigenvalue weighted by molar-refractivity contribution is 5.71. The van der Waals surface area contributed by atoms with Gasteiger partial charge in [0, 0.05) is 0 Å². The minimum Gasteiger partial charge on any atom is -0.298 e. The summed E-state index contributed by atoms with van der Waals surface area (Å²) >= 11 is 0. The number of unbranched alkanes of at least 4 members (excludes halogenated alkanes) is 1. The topological polar surface area (TPSA) is 35.5 Å². The van der Waals surface area contributed by atoms with Crippen LogP contribution < -0.4 is 0 Å². The van der Waals surface area contributed by atoms with Gasteiger partial charge in [-0.05, 0) is 20.3 Å². The van der Waals surface area contributed by atoms with Crippen molar-refractivity contribution in [3.63, 3.8) is 0 Å². The average Bonchev–Trinajstić information content (AvgIpc) is 2.10. The average molecular weight is 188 g/mol. The van der Waals surface area contributed by atoms with Gasteiger partial charge in [0.15, 0.2) is 0 Å². The van der Waals surface area contributed by atoms with Crippen molar-refractivity contribution < 1.29 is 14.6 Å². The van der Waals surface area contributed by atoms with E-state index in [1.807, 2.05) is 20.8 Å². The van der Waals surface area contributed by atoms with Crippen LogP contribution in [-0.4, -0.2) is 12.1 Å². The maximum atomic E-state index is 11.2. The Hall–Kier alpha value is -0.570. The van der Waals surface area contributed by atoms with Gasteiger partial charge in [-0.3, -0.25) is 4.89 Å². The molecule has 1 unspecified atom stereocenters. The summed E-state index contributed by atoms with van der Waals surface area (Å²) < 4.78 is 0. The first-order valence-corrected chi connectivity index (χ1v) is 4.95. The van der Waals surface area contributed by atoms with Crippen molar-refractivity contribution in [2.75, 3.05) is 0 Å². The lowest BCUT2D eigenvalue weighted by Gasteiger charge is -2.10. The quantitative estimate of drug-likeness (QED) is 0.475. The zero-order valence-corrected chi connectivity index (χ0v) is 9.00. The molecular weight excluding hydrogens is 168 g/mol. The standard InChI is InChI=1S/C10H20O3/c1-5-6-7-9(4)10(11)13-12-8(2)3/h8-9H,5-7H2,1-4H3. The highest BCUT2D eigenvalue weighted by Gasteiger charge is 2.15. The molecule has 3 heteroatoms. The molecular formula is C10H20O3. The van der Waals surface area contributed by atoms with Gasteiger partial charge < -0.3 is 0 Å². The molecule has 1 atom stereocenters. The van der Waals surface area contributed by atoms with Crippen LogP contribution in [0.3, 0.4) is 0 Å². The molecule has 13 heavy (non-hydrogen) atoms. The van der Waals surface area contributed by atoms with Crippen molar-refractivity contribution in [3.05, 3.63) is 0 Å². The van der Waals surface area contributed by atoms with Crippen LogP contribution in [0.4, 0.5) is 0 Å². The van der Waals surface area contributed by atoms with Gasteiger partial charge in [0.05, 0.1) is 12.0 Å². The first-order chi connectivity index (χ1) is 6.07. The molecule has 3 nitrogen and oxygen atoms in total. The number of hydrogen-bond donors (Lipinski definition) is 0. The molecule has 0 aromatic rings. The molecule has 0 amide bonds. The summed E-state index contributed by atoms with van der Waals surface area (Å²) in [4.78, 5) is 20.6. The highest BCUT2D eigenvalue weighted by Crippen LogP contribution is 2.09. The molecule has 0 fully saturated rings. The Morgan fingerprint density at radius 2 is 1.92 bits per heavy atom. The molecule has 0 rings (SSSR count). The van der Waals surface area contributed by atoms with Gasteiger partial charge in [-0.25, -0.2) is 4.79 Å². The minimum atomic E-state index is -0.262. The lowest BCUT2D eigenvalue weighted by molar-refractivity contribution is -0.294. The Morgan fingerprint density at radius 3 is 2.38 bits per heavy atom. The fourth-order valence-corrected chi connectivity index (χ4v) is 0.854. The van der Waals surface area contributed by atoms with Gasteiger partial charge in [0.2, 0.25) is 0 Å². The van der Waals surface area contributed by atoms with Crippen LogP contribution in [0, 0.1) is 5.92 Å². The molecule has 0 spiro atoms. The van der Waals surface area contributed by atoms with Crippen LogP contribution in [0.25, 0.3) is 0 Å². The van der Waals surface area contributed by atoms with Gasteiger partial charge in [-0.2, -0.15) is 4.89 Å². The number of hydrogen-bond acceptors (Lipinski definition) is 3. The molecule has 0 N–H and O–H groups in total. The number of carbonyl (C=O) groups excluding carboxylic acids is 1. The summed E-state index contributed by atoms with van der Waals surface area (Å²) in [5.41, 5.74) is 0. The Kier molecular flexibility index (Phi) is 6.59. The molecule has 0 aliphatic rings. The van der Waals surface area contributed by atoms with Crippen LogP contribution in [0.15, 0.2) is 0 Å². The van der Waals surface area contributed by atoms with Crippen LogP contribution in [-0.2, 0) is 14.6 Å². The van der Waals surface area contributed by atoms with Gasteiger partial charge in [0.1, 0.15) is 0 Å². The van der Waals surface area contributed by atoms with Crippen molar-refractivity contribution >= 4 is 5.97 Å². The van der Waals surface area contributed by atoms with Crippen molar-refractivity contribution in [1.29, 1.82) is 0 Å². The number of rotatable bonds is 6. The van der Waals surface area contributed by atoms with Crippen molar-refractivity contribution in [3.8, 4) is 0 Å². The maximum Gasteiger partial charge on any atom is 0.345 e. The summed E-state index contributed by atoms with van der Waals surface area (Å²) in [6, 6.07) is 0. The predicted molar refractivity (Wildman–Crippen MR) is 51.0 cm³/mol. The van der Waals surface area contributed by atoms with E-state index < -0.39 is 0 Å². The largest absolute Gasteiger partial charge is 0.345 e. The Labute approximate surface area is 80.3 Å². The van der Waals surface area contributed by atoms with Crippen molar-refractivity contribution in [1.82, 2.24) is 0 Å². The van der Waals surface area contributed by atoms with E-state index in [2.05, 4.69) is 11.8 Å². The van der Waals surface area contributed by atoms with Gasteiger partial charge >= 0.3 is 5.97 Å². The molecule has 0 aliphatic heterocycles. The molecule has 0 aliphatic carbocycles. The Bertz CT molecular complexity index is 143. The summed E-state index contributed by atoms with van der Waals surface area (Å²) in [5.74, 6) is -0.319. The molecule has 0 radical (unpaired) electrons. The van der Waals surface area contributed by atoms with Crippen LogP contribution in [0.2, 0.25) is 0 Å². The monoisotopic (exact) mass is 188 g/mol. The van der Waals surface area contributed by atoms with Gasteiger partial charge in [-0.15, -0.1) is 0 Å². The van der Waals surface area contributed by atoms with Crippen LogP contribution in [0.1, 0.15) is 47.0 Å². The van der Waals surface area contributed by atoms with E-state index in [0.29, 0.717) is 0 Å². The summed E-state index contributed by atoms with van der Waals surface area (Å²) in [6.07, 6.45) is 2.96. The summed E-state index contributed by atoms with van der Waals surface area (Å²) in [6.45, 7) is 7.61. The predicted octanol–water partition coefficient (Wildman–Crippen LogP) is 2.70. The molecule has 0 heterocycles. The van der Waals surface area contributed by atoms with Crippen molar-refractivity contribution in [2.45, 2.75) is 53.1 Å². The zero-order chi connectivity index (χ0) is 10.3. The van der Waals surface area contributed by atoms with E-state index in [9.17, 15) is 4.79 Å². The first-order valence-electron chi connectivity index (χ1n) is 4.95. The van der Waals surface area contributed by atoms with E-state index in [0.717, 1.165) is 19.3 Å². The third-order valence-corrected chi connectivity index (χ3v) is 1.72. The SMILES string of the molecule is CCCCC(C)C(=O)OOC(C)C. The normalized spacial score (nSPS) is 13.0. The smallest absolute Gasteiger partial charge is 0.298 e. The second-order valence-electron chi connectivity index (χ2n) is 3.59. The second-order valence-corrected chi connectivity index (χ2v) is 3.59. The number of carbonyl (C=O) groups is 1. The van der Waals surface area contributed by atoms with Crippen LogP contribution >= 0.6 is 0 Å². The Morgan fingerprint density at radius 1 is 1.31 bits per heavy atom. The summed E-state index contributed by atoms with van der Waals surface area (Å²) in [7, 11) is 0. The molecule has 0 aromatic carbocycles. The van der Waals surface area contributed by atoms with E-state index in [1.165, 1.54) is 0 Å². The van der Waals surface area contributed by atoms with Gasteiger partial charge in [0.25, 0.3) is 0 Å². The fourth-order valence-electron chi connectivity index (χ4n) is 0.854. The second kappa shape index (κ2) is 6.89. The lowest BCUT2D eigenvalue weighted by atomic mass is 10.1. The summed E-state index contributed by atoms with van der Waals surface area (Å²) in [5, 5.41) is 0. The molecule has 78 valence electrons. The maximum absolute atomic E-state index is 11.2. The third kappa shape index (κ3) is 6.58. The third-order valence-electron chi connectivity index (χ3n) is 1.72. The van der Waals surface area contributed by atoms with Crippen LogP contribution in [0.5, 0.6) is 0 Å². The molecule has 0 saturated heterocycles. The van der Waals surface area contributed by atoms with E-state index >= 15 is 0 Å².